The second-order valence-electron chi connectivity index (χ2n) is 6.52. The lowest BCUT2D eigenvalue weighted by Gasteiger charge is -2.25. The molecule has 1 unspecified atom stereocenters. The first-order chi connectivity index (χ1) is 14.6. The van der Waals surface area contributed by atoms with Gasteiger partial charge in [0.15, 0.2) is 6.10 Å². The van der Waals surface area contributed by atoms with Crippen molar-refractivity contribution in [1.29, 1.82) is 0 Å². The molecule has 3 aromatic rings. The molecule has 0 fully saturated rings. The Labute approximate surface area is 198 Å². The lowest BCUT2D eigenvalue weighted by atomic mass is 10.0. The van der Waals surface area contributed by atoms with Crippen LogP contribution in [-0.4, -0.2) is 20.3 Å². The molecular formula is C20H18BF5INOS2. The maximum Gasteiger partial charge on any atom is 0.673 e. The van der Waals surface area contributed by atoms with Crippen molar-refractivity contribution in [2.24, 2.45) is 0 Å². The van der Waals surface area contributed by atoms with E-state index in [2.05, 4.69) is 65.3 Å². The Balaban J connectivity index is 0.000000491. The molecule has 2 aromatic carbocycles. The van der Waals surface area contributed by atoms with E-state index in [0.29, 0.717) is 0 Å². The van der Waals surface area contributed by atoms with Crippen molar-refractivity contribution in [3.8, 4) is 16.2 Å². The van der Waals surface area contributed by atoms with Gasteiger partial charge in [-0.15, -0.1) is 0 Å². The van der Waals surface area contributed by atoms with E-state index in [0.717, 1.165) is 39.7 Å². The Morgan fingerprint density at radius 3 is 2.19 bits per heavy atom. The molecule has 0 aliphatic carbocycles. The molecule has 1 aliphatic rings. The molecule has 1 atom stereocenters. The maximum absolute atomic E-state index is 13.9. The van der Waals surface area contributed by atoms with Gasteiger partial charge in [-0.1, -0.05) is 34.8 Å². The Morgan fingerprint density at radius 1 is 1.00 bits per heavy atom. The second kappa shape index (κ2) is 9.99. The highest BCUT2D eigenvalue weighted by Crippen LogP contribution is 2.48. The minimum atomic E-state index is -6.00. The minimum absolute atomic E-state index is 0.148. The summed E-state index contributed by atoms with van der Waals surface area (Å²) in [6, 6.07) is 13.2. The second-order valence-corrected chi connectivity index (χ2v) is 10.1. The number of benzene rings is 2. The quantitative estimate of drug-likeness (QED) is 0.142. The summed E-state index contributed by atoms with van der Waals surface area (Å²) >= 11 is 5.82. The lowest BCUT2D eigenvalue weighted by Crippen LogP contribution is -2.25. The zero-order chi connectivity index (χ0) is 22.8. The van der Waals surface area contributed by atoms with Crippen LogP contribution in [-0.2, 0) is 0 Å². The van der Waals surface area contributed by atoms with Crippen LogP contribution in [0.4, 0.5) is 21.7 Å². The summed E-state index contributed by atoms with van der Waals surface area (Å²) < 4.78 is 64.0. The zero-order valence-electron chi connectivity index (χ0n) is 16.6. The van der Waals surface area contributed by atoms with Gasteiger partial charge in [-0.25, -0.2) is 8.97 Å². The summed E-state index contributed by atoms with van der Waals surface area (Å²) in [7, 11) is -6.00. The largest absolute Gasteiger partial charge is 0.673 e. The Bertz CT molecular complexity index is 1120. The van der Waals surface area contributed by atoms with Crippen LogP contribution in [0.5, 0.6) is 5.75 Å². The van der Waals surface area contributed by atoms with Crippen LogP contribution >= 0.6 is 45.3 Å². The Hall–Kier alpha value is -1.47. The number of fused-ring (bicyclic) bond motifs is 3. The fourth-order valence-corrected chi connectivity index (χ4v) is 6.49. The van der Waals surface area contributed by atoms with Gasteiger partial charge >= 0.3 is 11.2 Å². The molecule has 0 spiro atoms. The molecule has 31 heavy (non-hydrogen) atoms. The fourth-order valence-electron chi connectivity index (χ4n) is 3.09. The predicted octanol–water partition coefficient (Wildman–Crippen LogP) is 6.81. The molecule has 0 amide bonds. The van der Waals surface area contributed by atoms with Crippen LogP contribution in [0.15, 0.2) is 42.5 Å². The molecule has 0 saturated heterocycles. The summed E-state index contributed by atoms with van der Waals surface area (Å²) in [5.41, 5.74) is 1.99. The topological polar surface area (TPSA) is 12.2 Å². The van der Waals surface area contributed by atoms with Crippen LogP contribution in [0.2, 0.25) is 0 Å². The number of nitrogens with zero attached hydrogens (tertiary/aromatic N) is 1. The van der Waals surface area contributed by atoms with Gasteiger partial charge in [0.2, 0.25) is 0 Å². The summed E-state index contributed by atoms with van der Waals surface area (Å²) in [6.45, 7) is 6.24. The Morgan fingerprint density at radius 2 is 1.61 bits per heavy atom. The van der Waals surface area contributed by atoms with E-state index in [1.54, 1.807) is 34.8 Å². The highest BCUT2D eigenvalue weighted by molar-refractivity contribution is 14.1. The van der Waals surface area contributed by atoms with E-state index in [1.807, 2.05) is 0 Å². The monoisotopic (exact) mass is 585 g/mol. The smallest absolute Gasteiger partial charge is 0.479 e. The SMILES string of the molecule is CC[N+](CC)=c1sc2c(s1)C(c1ccc(I)cc1)Oc1ccc(F)cc1-2.F[B-](F)(F)F. The summed E-state index contributed by atoms with van der Waals surface area (Å²) in [5.74, 6) is 0.524. The first-order valence-electron chi connectivity index (χ1n) is 9.41. The standard InChI is InChI=1S/C20H18FINOS2.BF4/c1-3-23(4-2)20-25-18-15-11-13(21)7-10-16(15)24-17(19(18)26-20)12-5-8-14(22)9-6-12;2-1(3,4)5/h5-11,17H,3-4H2,1-2H3;/q+1;-1. The van der Waals surface area contributed by atoms with Gasteiger partial charge < -0.3 is 22.0 Å². The first-order valence-corrected chi connectivity index (χ1v) is 12.1. The molecule has 4 rings (SSSR count). The molecular weight excluding hydrogens is 567 g/mol. The first kappa shape index (κ1) is 24.2. The van der Waals surface area contributed by atoms with Crippen LogP contribution < -0.4 is 13.3 Å². The average molecular weight is 585 g/mol. The van der Waals surface area contributed by atoms with Crippen molar-refractivity contribution < 1.29 is 26.4 Å². The number of hydrogen-bond acceptors (Lipinski definition) is 3. The van der Waals surface area contributed by atoms with Gasteiger partial charge in [-0.05, 0) is 72.3 Å². The van der Waals surface area contributed by atoms with Crippen LogP contribution in [0.25, 0.3) is 10.4 Å². The van der Waals surface area contributed by atoms with Gasteiger partial charge in [-0.3, -0.25) is 0 Å². The van der Waals surface area contributed by atoms with Crippen molar-refractivity contribution in [3.05, 3.63) is 66.3 Å². The van der Waals surface area contributed by atoms with E-state index >= 15 is 0 Å². The van der Waals surface area contributed by atoms with E-state index in [4.69, 9.17) is 4.74 Å². The van der Waals surface area contributed by atoms with Crippen molar-refractivity contribution in [2.75, 3.05) is 13.1 Å². The number of ether oxygens (including phenoxy) is 1. The van der Waals surface area contributed by atoms with Gasteiger partial charge in [0.25, 0.3) is 0 Å². The van der Waals surface area contributed by atoms with Crippen LogP contribution in [0.1, 0.15) is 30.4 Å². The van der Waals surface area contributed by atoms with Gasteiger partial charge in [-0.2, -0.15) is 0 Å². The van der Waals surface area contributed by atoms with E-state index in [9.17, 15) is 21.7 Å². The molecule has 1 aliphatic heterocycles. The van der Waals surface area contributed by atoms with Crippen molar-refractivity contribution in [2.45, 2.75) is 20.0 Å². The number of rotatable bonds is 3. The van der Waals surface area contributed by atoms with Crippen LogP contribution in [0.3, 0.4) is 0 Å². The molecule has 2 heterocycles. The van der Waals surface area contributed by atoms with Gasteiger partial charge in [0.05, 0.1) is 9.75 Å². The lowest BCUT2D eigenvalue weighted by molar-refractivity contribution is 0.247. The van der Waals surface area contributed by atoms with E-state index in [1.165, 1.54) is 13.6 Å². The minimum Gasteiger partial charge on any atom is -0.479 e. The molecule has 1 aromatic heterocycles. The third-order valence-corrected chi connectivity index (χ3v) is 7.97. The number of hydrogen-bond donors (Lipinski definition) is 0. The zero-order valence-corrected chi connectivity index (χ0v) is 20.3. The third-order valence-electron chi connectivity index (χ3n) is 4.47. The molecule has 0 saturated carbocycles. The van der Waals surface area contributed by atoms with Crippen molar-refractivity contribution in [1.82, 2.24) is 4.58 Å². The predicted molar refractivity (Wildman–Crippen MR) is 126 cm³/mol. The highest BCUT2D eigenvalue weighted by Gasteiger charge is 2.32. The van der Waals surface area contributed by atoms with Crippen molar-refractivity contribution >= 4 is 52.5 Å². The van der Waals surface area contributed by atoms with Crippen LogP contribution in [0, 0.1) is 9.39 Å². The summed E-state index contributed by atoms with van der Waals surface area (Å²) in [4.78, 5) is 2.29. The van der Waals surface area contributed by atoms with Gasteiger partial charge in [0.1, 0.15) is 24.7 Å². The fraction of sp³-hybridized carbons (Fsp3) is 0.250. The van der Waals surface area contributed by atoms with E-state index in [-0.39, 0.29) is 11.9 Å². The number of halogens is 6. The molecule has 0 radical (unpaired) electrons. The summed E-state index contributed by atoms with van der Waals surface area (Å²) in [6.07, 6.45) is -0.148. The molecule has 0 bridgehead atoms. The van der Waals surface area contributed by atoms with E-state index < -0.39 is 7.25 Å². The normalized spacial score (nSPS) is 14.6. The molecule has 11 heteroatoms. The molecule has 0 N–H and O–H groups in total. The highest BCUT2D eigenvalue weighted by atomic mass is 127. The molecule has 2 nitrogen and oxygen atoms in total. The maximum atomic E-state index is 13.9. The van der Waals surface area contributed by atoms with Crippen molar-refractivity contribution in [3.63, 3.8) is 0 Å². The average Bonchev–Trinajstić information content (AvgIpc) is 3.13. The molecule has 166 valence electrons. The van der Waals surface area contributed by atoms with Gasteiger partial charge in [0, 0.05) is 9.13 Å². The Kier molecular flexibility index (Phi) is 7.79. The summed E-state index contributed by atoms with van der Waals surface area (Å²) in [5, 5.41) is 0. The third kappa shape index (κ3) is 6.07.